The molecule has 1 rings (SSSR count). The van der Waals surface area contributed by atoms with Crippen LogP contribution in [0.4, 0.5) is 0 Å². The minimum Gasteiger partial charge on any atom is -0.355 e. The molecule has 6 heteroatoms. The average molecular weight is 345 g/mol. The number of carbonyl (C=O) groups is 1. The fourth-order valence-electron chi connectivity index (χ4n) is 1.67. The highest BCUT2D eigenvalue weighted by Gasteiger charge is 2.06. The van der Waals surface area contributed by atoms with E-state index in [1.807, 2.05) is 24.3 Å². The summed E-state index contributed by atoms with van der Waals surface area (Å²) in [6.07, 6.45) is 0.467. The van der Waals surface area contributed by atoms with Crippen LogP contribution in [0.1, 0.15) is 5.56 Å². The molecule has 0 bridgehead atoms. The van der Waals surface area contributed by atoms with Crippen LogP contribution in [0.25, 0.3) is 0 Å². The van der Waals surface area contributed by atoms with Gasteiger partial charge in [0.1, 0.15) is 0 Å². The molecule has 0 saturated carbocycles. The van der Waals surface area contributed by atoms with Gasteiger partial charge in [-0.1, -0.05) is 34.1 Å². The number of hydrogen-bond donors (Lipinski definition) is 2. The zero-order valence-corrected chi connectivity index (χ0v) is 13.4. The number of hydrogen-bond acceptors (Lipinski definition) is 4. The van der Waals surface area contributed by atoms with Gasteiger partial charge in [0.05, 0.1) is 6.54 Å². The minimum absolute atomic E-state index is 0.0389. The summed E-state index contributed by atoms with van der Waals surface area (Å²) in [4.78, 5) is 11.6. The summed E-state index contributed by atoms with van der Waals surface area (Å²) in [5.74, 6) is -0.0389. The highest BCUT2D eigenvalue weighted by Crippen LogP contribution is 2.15. The van der Waals surface area contributed by atoms with Gasteiger partial charge in [-0.05, 0) is 18.1 Å². The van der Waals surface area contributed by atoms with Crippen LogP contribution in [0, 0.1) is 0 Å². The monoisotopic (exact) mass is 344 g/mol. The maximum Gasteiger partial charge on any atom is 0.233 e. The molecule has 0 atom stereocenters. The van der Waals surface area contributed by atoms with Gasteiger partial charge in [-0.3, -0.25) is 4.79 Å². The number of benzene rings is 1. The van der Waals surface area contributed by atoms with Gasteiger partial charge in [0, 0.05) is 31.8 Å². The molecule has 1 aromatic carbocycles. The third-order valence-electron chi connectivity index (χ3n) is 2.80. The van der Waals surface area contributed by atoms with Crippen LogP contribution in [-0.4, -0.2) is 46.1 Å². The third-order valence-corrected chi connectivity index (χ3v) is 3.57. The van der Waals surface area contributed by atoms with E-state index in [2.05, 4.69) is 26.6 Å². The summed E-state index contributed by atoms with van der Waals surface area (Å²) < 4.78 is 11.1. The quantitative estimate of drug-likeness (QED) is 0.663. The second-order valence-electron chi connectivity index (χ2n) is 4.22. The molecule has 0 fully saturated rings. The molecule has 1 aromatic rings. The summed E-state index contributed by atoms with van der Waals surface area (Å²) in [6, 6.07) is 7.99. The van der Waals surface area contributed by atoms with Crippen molar-refractivity contribution in [2.75, 3.05) is 33.9 Å². The Hall–Kier alpha value is -0.950. The van der Waals surface area contributed by atoms with Gasteiger partial charge < -0.3 is 20.1 Å². The third kappa shape index (κ3) is 6.47. The lowest BCUT2D eigenvalue weighted by Crippen LogP contribution is -2.38. The summed E-state index contributed by atoms with van der Waals surface area (Å²) in [5, 5.41) is 5.84. The first kappa shape index (κ1) is 17.1. The second kappa shape index (κ2) is 9.88. The van der Waals surface area contributed by atoms with Crippen molar-refractivity contribution < 1.29 is 14.3 Å². The lowest BCUT2D eigenvalue weighted by molar-refractivity contribution is -0.121. The molecule has 0 aliphatic rings. The van der Waals surface area contributed by atoms with Gasteiger partial charge in [-0.25, -0.2) is 0 Å². The Balaban J connectivity index is 2.16. The van der Waals surface area contributed by atoms with Crippen molar-refractivity contribution in [2.24, 2.45) is 0 Å². The fourth-order valence-corrected chi connectivity index (χ4v) is 2.15. The van der Waals surface area contributed by atoms with Crippen LogP contribution in [0.5, 0.6) is 0 Å². The highest BCUT2D eigenvalue weighted by atomic mass is 79.9. The molecule has 0 saturated heterocycles. The Kier molecular flexibility index (Phi) is 8.45. The van der Waals surface area contributed by atoms with Gasteiger partial charge in [-0.15, -0.1) is 0 Å². The molecule has 2 N–H and O–H groups in total. The summed E-state index contributed by atoms with van der Waals surface area (Å²) in [7, 11) is 3.13. The maximum atomic E-state index is 11.6. The first-order valence-corrected chi connectivity index (χ1v) is 7.23. The van der Waals surface area contributed by atoms with Crippen LogP contribution < -0.4 is 10.6 Å². The maximum absolute atomic E-state index is 11.6. The summed E-state index contributed by atoms with van der Waals surface area (Å²) in [5.41, 5.74) is 1.18. The van der Waals surface area contributed by atoms with E-state index in [0.29, 0.717) is 13.1 Å². The molecule has 112 valence electrons. The van der Waals surface area contributed by atoms with Crippen LogP contribution in [0.15, 0.2) is 28.7 Å². The van der Waals surface area contributed by atoms with Gasteiger partial charge in [0.2, 0.25) is 5.91 Å². The van der Waals surface area contributed by atoms with E-state index in [4.69, 9.17) is 9.47 Å². The smallest absolute Gasteiger partial charge is 0.233 e. The Labute approximate surface area is 128 Å². The van der Waals surface area contributed by atoms with Crippen molar-refractivity contribution in [3.05, 3.63) is 34.3 Å². The first-order valence-electron chi connectivity index (χ1n) is 6.43. The minimum atomic E-state index is -0.330. The predicted octanol–water partition coefficient (Wildman–Crippen LogP) is 1.32. The molecule has 0 unspecified atom stereocenters. The number of nitrogens with one attached hydrogen (secondary N) is 2. The van der Waals surface area contributed by atoms with Crippen LogP contribution >= 0.6 is 15.9 Å². The van der Waals surface area contributed by atoms with Crippen LogP contribution in [0.2, 0.25) is 0 Å². The van der Waals surface area contributed by atoms with Crippen molar-refractivity contribution in [3.63, 3.8) is 0 Å². The van der Waals surface area contributed by atoms with E-state index in [0.717, 1.165) is 10.9 Å². The van der Waals surface area contributed by atoms with Crippen molar-refractivity contribution >= 4 is 21.8 Å². The van der Waals surface area contributed by atoms with Gasteiger partial charge >= 0.3 is 0 Å². The van der Waals surface area contributed by atoms with E-state index in [1.54, 1.807) is 14.2 Å². The summed E-state index contributed by atoms with van der Waals surface area (Å²) in [6.45, 7) is 1.34. The zero-order chi connectivity index (χ0) is 14.8. The SMILES string of the molecule is COC(CNCC(=O)NCCc1ccccc1Br)OC. The molecule has 0 spiro atoms. The second-order valence-corrected chi connectivity index (χ2v) is 5.08. The van der Waals surface area contributed by atoms with Crippen molar-refractivity contribution in [3.8, 4) is 0 Å². The van der Waals surface area contributed by atoms with Crippen LogP contribution in [0.3, 0.4) is 0 Å². The fraction of sp³-hybridized carbons (Fsp3) is 0.500. The normalized spacial score (nSPS) is 10.8. The Morgan fingerprint density at radius 3 is 2.65 bits per heavy atom. The average Bonchev–Trinajstić information content (AvgIpc) is 2.46. The van der Waals surface area contributed by atoms with Crippen molar-refractivity contribution in [1.82, 2.24) is 10.6 Å². The molecular weight excluding hydrogens is 324 g/mol. The molecule has 0 aliphatic heterocycles. The van der Waals surface area contributed by atoms with Crippen LogP contribution in [-0.2, 0) is 20.7 Å². The first-order chi connectivity index (χ1) is 9.67. The predicted molar refractivity (Wildman–Crippen MR) is 81.5 cm³/mol. The lowest BCUT2D eigenvalue weighted by Gasteiger charge is -2.14. The molecule has 0 aromatic heterocycles. The molecular formula is C14H21BrN2O3. The number of rotatable bonds is 9. The molecule has 0 radical (unpaired) electrons. The standard InChI is InChI=1S/C14H21BrN2O3/c1-19-14(20-2)10-16-9-13(18)17-8-7-11-5-3-4-6-12(11)15/h3-6,14,16H,7-10H2,1-2H3,(H,17,18). The number of ether oxygens (including phenoxy) is 2. The molecule has 1 amide bonds. The highest BCUT2D eigenvalue weighted by molar-refractivity contribution is 9.10. The number of amides is 1. The Morgan fingerprint density at radius 1 is 1.30 bits per heavy atom. The van der Waals surface area contributed by atoms with Crippen molar-refractivity contribution in [2.45, 2.75) is 12.7 Å². The molecule has 5 nitrogen and oxygen atoms in total. The van der Waals surface area contributed by atoms with E-state index >= 15 is 0 Å². The topological polar surface area (TPSA) is 59.6 Å². The Morgan fingerprint density at radius 2 is 2.00 bits per heavy atom. The van der Waals surface area contributed by atoms with E-state index in [-0.39, 0.29) is 18.7 Å². The zero-order valence-electron chi connectivity index (χ0n) is 11.8. The number of carbonyl (C=O) groups excluding carboxylic acids is 1. The lowest BCUT2D eigenvalue weighted by atomic mass is 10.1. The summed E-state index contributed by atoms with van der Waals surface area (Å²) >= 11 is 3.48. The number of methoxy groups -OCH3 is 2. The number of halogens is 1. The van der Waals surface area contributed by atoms with E-state index in [1.165, 1.54) is 5.56 Å². The van der Waals surface area contributed by atoms with E-state index in [9.17, 15) is 4.79 Å². The van der Waals surface area contributed by atoms with Crippen molar-refractivity contribution in [1.29, 1.82) is 0 Å². The molecule has 0 heterocycles. The van der Waals surface area contributed by atoms with Gasteiger partial charge in [0.15, 0.2) is 6.29 Å². The van der Waals surface area contributed by atoms with Gasteiger partial charge in [-0.2, -0.15) is 0 Å². The Bertz CT molecular complexity index is 411. The molecule has 20 heavy (non-hydrogen) atoms. The van der Waals surface area contributed by atoms with E-state index < -0.39 is 0 Å². The van der Waals surface area contributed by atoms with Gasteiger partial charge in [0.25, 0.3) is 0 Å². The molecule has 0 aliphatic carbocycles. The largest absolute Gasteiger partial charge is 0.355 e.